The number of rotatable bonds is 2. The molecule has 2 aromatic rings. The Morgan fingerprint density at radius 1 is 1.33 bits per heavy atom. The quantitative estimate of drug-likeness (QED) is 0.612. The summed E-state index contributed by atoms with van der Waals surface area (Å²) < 4.78 is 1.80. The third-order valence-electron chi connectivity index (χ3n) is 3.38. The van der Waals surface area contributed by atoms with E-state index < -0.39 is 0 Å². The summed E-state index contributed by atoms with van der Waals surface area (Å²) in [6.07, 6.45) is 0. The van der Waals surface area contributed by atoms with E-state index in [0.717, 1.165) is 32.1 Å². The van der Waals surface area contributed by atoms with Crippen LogP contribution in [0.3, 0.4) is 0 Å². The fourth-order valence-electron chi connectivity index (χ4n) is 2.42. The molecule has 3 rings (SSSR count). The van der Waals surface area contributed by atoms with Crippen molar-refractivity contribution in [1.82, 2.24) is 24.8 Å². The predicted molar refractivity (Wildman–Crippen MR) is 81.7 cm³/mol. The van der Waals surface area contributed by atoms with Gasteiger partial charge in [-0.25, -0.2) is 0 Å². The Bertz CT molecular complexity index is 778. The smallest absolute Gasteiger partial charge is 0.278 e. The van der Waals surface area contributed by atoms with Crippen molar-refractivity contribution in [2.24, 2.45) is 0 Å². The van der Waals surface area contributed by atoms with E-state index in [-0.39, 0.29) is 10.8 Å². The zero-order chi connectivity index (χ0) is 14.8. The molecule has 2 N–H and O–H groups in total. The van der Waals surface area contributed by atoms with Crippen molar-refractivity contribution in [1.29, 1.82) is 0 Å². The summed E-state index contributed by atoms with van der Waals surface area (Å²) in [5.41, 5.74) is 0.475. The number of hydrogen-bond acceptors (Lipinski definition) is 5. The number of aromatic nitrogens is 4. The van der Waals surface area contributed by atoms with Gasteiger partial charge in [-0.15, -0.1) is 5.92 Å². The van der Waals surface area contributed by atoms with Crippen LogP contribution in [0.15, 0.2) is 4.79 Å². The molecule has 0 spiro atoms. The number of nitrogens with zero attached hydrogens (tertiary/aromatic N) is 4. The largest absolute Gasteiger partial charge is 0.340 e. The first kappa shape index (κ1) is 13.9. The average molecular weight is 307 g/mol. The molecule has 0 radical (unpaired) electrons. The molecule has 2 aromatic heterocycles. The van der Waals surface area contributed by atoms with Crippen molar-refractivity contribution < 1.29 is 0 Å². The van der Waals surface area contributed by atoms with E-state index in [9.17, 15) is 4.79 Å². The van der Waals surface area contributed by atoms with Crippen molar-refractivity contribution in [2.75, 3.05) is 31.1 Å². The third-order valence-corrected chi connectivity index (χ3v) is 3.56. The molecule has 7 nitrogen and oxygen atoms in total. The second kappa shape index (κ2) is 5.76. The first-order chi connectivity index (χ1) is 10.2. The van der Waals surface area contributed by atoms with Crippen LogP contribution < -0.4 is 15.8 Å². The first-order valence-electron chi connectivity index (χ1n) is 6.72. The minimum atomic E-state index is -0.295. The molecule has 0 saturated carbocycles. The van der Waals surface area contributed by atoms with Crippen molar-refractivity contribution in [2.45, 2.75) is 13.5 Å². The highest BCUT2D eigenvalue weighted by atomic mass is 35.5. The lowest BCUT2D eigenvalue weighted by atomic mass is 10.4. The maximum Gasteiger partial charge on any atom is 0.278 e. The van der Waals surface area contributed by atoms with Gasteiger partial charge in [0.15, 0.2) is 11.2 Å². The number of aromatic amines is 1. The van der Waals surface area contributed by atoms with Gasteiger partial charge < -0.3 is 10.2 Å². The third kappa shape index (κ3) is 2.60. The number of hydrogen-bond donors (Lipinski definition) is 2. The van der Waals surface area contributed by atoms with E-state index in [1.54, 1.807) is 11.5 Å². The van der Waals surface area contributed by atoms with E-state index in [4.69, 9.17) is 11.6 Å². The summed E-state index contributed by atoms with van der Waals surface area (Å²) >= 11 is 5.81. The summed E-state index contributed by atoms with van der Waals surface area (Å²) in [7, 11) is 0. The molecule has 0 bridgehead atoms. The lowest BCUT2D eigenvalue weighted by Crippen LogP contribution is -2.44. The van der Waals surface area contributed by atoms with Gasteiger partial charge in [-0.05, 0) is 18.5 Å². The Morgan fingerprint density at radius 2 is 2.10 bits per heavy atom. The van der Waals surface area contributed by atoms with Crippen molar-refractivity contribution >= 4 is 28.7 Å². The number of anilines is 1. The normalized spacial score (nSPS) is 15.0. The van der Waals surface area contributed by atoms with E-state index in [1.165, 1.54) is 0 Å². The number of halogens is 1. The molecule has 0 aliphatic carbocycles. The maximum atomic E-state index is 12.2. The number of imidazole rings is 1. The molecule has 1 aliphatic heterocycles. The number of fused-ring (bicyclic) bond motifs is 1. The van der Waals surface area contributed by atoms with Crippen LogP contribution in [0.5, 0.6) is 0 Å². The van der Waals surface area contributed by atoms with Gasteiger partial charge in [0.2, 0.25) is 11.2 Å². The summed E-state index contributed by atoms with van der Waals surface area (Å²) in [6.45, 7) is 5.59. The SMILES string of the molecule is CC#CCn1c(N2CCNCC2)nc2nc(Cl)[nH]c(=O)c21. The van der Waals surface area contributed by atoms with Crippen molar-refractivity contribution in [3.05, 3.63) is 15.6 Å². The van der Waals surface area contributed by atoms with Gasteiger partial charge in [0.25, 0.3) is 5.56 Å². The Hall–Kier alpha value is -2.04. The molecule has 0 unspecified atom stereocenters. The molecule has 1 aliphatic rings. The van der Waals surface area contributed by atoms with Crippen LogP contribution in [0.25, 0.3) is 11.2 Å². The Kier molecular flexibility index (Phi) is 3.82. The highest BCUT2D eigenvalue weighted by Gasteiger charge is 2.21. The molecule has 21 heavy (non-hydrogen) atoms. The summed E-state index contributed by atoms with van der Waals surface area (Å²) in [5.74, 6) is 6.54. The summed E-state index contributed by atoms with van der Waals surface area (Å²) in [6, 6.07) is 0. The molecule has 8 heteroatoms. The summed E-state index contributed by atoms with van der Waals surface area (Å²) in [4.78, 5) is 25.4. The standard InChI is InChI=1S/C13H15ClN6O/c1-2-3-6-20-9-10(16-12(14)18-11(9)21)17-13(20)19-7-4-15-5-8-19/h15H,4-8H2,1H3,(H,16,18,21). The van der Waals surface area contributed by atoms with Crippen LogP contribution >= 0.6 is 11.6 Å². The van der Waals surface area contributed by atoms with Crippen LogP contribution in [0, 0.1) is 11.8 Å². The molecule has 1 fully saturated rings. The van der Waals surface area contributed by atoms with Gasteiger partial charge in [0.05, 0.1) is 6.54 Å². The minimum Gasteiger partial charge on any atom is -0.340 e. The van der Waals surface area contributed by atoms with Gasteiger partial charge in [-0.3, -0.25) is 14.3 Å². The first-order valence-corrected chi connectivity index (χ1v) is 7.10. The summed E-state index contributed by atoms with van der Waals surface area (Å²) in [5, 5.41) is 3.34. The molecule has 0 atom stereocenters. The van der Waals surface area contributed by atoms with Crippen molar-refractivity contribution in [3.63, 3.8) is 0 Å². The molecular weight excluding hydrogens is 292 g/mol. The van der Waals surface area contributed by atoms with E-state index in [2.05, 4.69) is 37.0 Å². The van der Waals surface area contributed by atoms with Crippen molar-refractivity contribution in [3.8, 4) is 11.8 Å². The zero-order valence-electron chi connectivity index (χ0n) is 11.6. The fourth-order valence-corrected chi connectivity index (χ4v) is 2.58. The Balaban J connectivity index is 2.18. The minimum absolute atomic E-state index is 0.0468. The van der Waals surface area contributed by atoms with Gasteiger partial charge in [0.1, 0.15) is 0 Å². The number of H-pyrrole nitrogens is 1. The molecule has 0 aromatic carbocycles. The topological polar surface area (TPSA) is 78.8 Å². The number of piperazine rings is 1. The van der Waals surface area contributed by atoms with Gasteiger partial charge >= 0.3 is 0 Å². The zero-order valence-corrected chi connectivity index (χ0v) is 12.4. The van der Waals surface area contributed by atoms with E-state index in [1.807, 2.05) is 0 Å². The Morgan fingerprint density at radius 3 is 2.81 bits per heavy atom. The highest BCUT2D eigenvalue weighted by molar-refractivity contribution is 6.28. The lowest BCUT2D eigenvalue weighted by molar-refractivity contribution is 0.573. The highest BCUT2D eigenvalue weighted by Crippen LogP contribution is 2.20. The number of nitrogens with one attached hydrogen (secondary N) is 2. The maximum absolute atomic E-state index is 12.2. The monoisotopic (exact) mass is 306 g/mol. The lowest BCUT2D eigenvalue weighted by Gasteiger charge is -2.28. The van der Waals surface area contributed by atoms with E-state index >= 15 is 0 Å². The van der Waals surface area contributed by atoms with E-state index in [0.29, 0.717) is 17.7 Å². The van der Waals surface area contributed by atoms with Gasteiger partial charge in [-0.2, -0.15) is 9.97 Å². The van der Waals surface area contributed by atoms with Crippen LogP contribution in [-0.4, -0.2) is 45.7 Å². The molecule has 0 amide bonds. The second-order valence-electron chi connectivity index (χ2n) is 4.69. The fraction of sp³-hybridized carbons (Fsp3) is 0.462. The molecule has 1 saturated heterocycles. The van der Waals surface area contributed by atoms with Crippen LogP contribution in [0.1, 0.15) is 6.92 Å². The van der Waals surface area contributed by atoms with Crippen LogP contribution in [0.2, 0.25) is 5.28 Å². The van der Waals surface area contributed by atoms with Crippen LogP contribution in [0.4, 0.5) is 5.95 Å². The van der Waals surface area contributed by atoms with Gasteiger partial charge in [0, 0.05) is 26.2 Å². The average Bonchev–Trinajstić information content (AvgIpc) is 2.84. The predicted octanol–water partition coefficient (Wildman–Crippen LogP) is 0.206. The molecule has 110 valence electrons. The van der Waals surface area contributed by atoms with Crippen LogP contribution in [-0.2, 0) is 6.54 Å². The van der Waals surface area contributed by atoms with Gasteiger partial charge in [-0.1, -0.05) is 5.92 Å². The molecular formula is C13H15ClN6O. The Labute approximate surface area is 126 Å². The second-order valence-corrected chi connectivity index (χ2v) is 5.05. The molecule has 3 heterocycles.